The SMILES string of the molecule is [2H]C([2H])(C1CCC(C)(F)CC1)n1cc(-c2ccc(=O)n(C)c2)c2ncc(-c3c(C)noc3C)cc21. The van der Waals surface area contributed by atoms with E-state index in [1.165, 1.54) is 10.6 Å². The summed E-state index contributed by atoms with van der Waals surface area (Å²) in [5.41, 5.74) is 3.75. The van der Waals surface area contributed by atoms with Crippen LogP contribution in [0, 0.1) is 19.8 Å². The van der Waals surface area contributed by atoms with Gasteiger partial charge in [-0.1, -0.05) is 5.16 Å². The molecule has 0 saturated heterocycles. The second kappa shape index (κ2) is 7.97. The Morgan fingerprint density at radius 3 is 2.67 bits per heavy atom. The van der Waals surface area contributed by atoms with Gasteiger partial charge in [0.2, 0.25) is 5.56 Å². The van der Waals surface area contributed by atoms with Crippen molar-refractivity contribution in [1.29, 1.82) is 0 Å². The molecule has 1 fully saturated rings. The normalized spacial score (nSPS) is 22.4. The lowest BCUT2D eigenvalue weighted by molar-refractivity contribution is 0.0985. The average Bonchev–Trinajstić information content (AvgIpc) is 3.35. The molecule has 1 aliphatic carbocycles. The number of aryl methyl sites for hydroxylation is 3. The number of aromatic nitrogens is 4. The van der Waals surface area contributed by atoms with Crippen molar-refractivity contribution in [3.63, 3.8) is 0 Å². The molecule has 0 aromatic carbocycles. The molecule has 7 heteroatoms. The summed E-state index contributed by atoms with van der Waals surface area (Å²) in [6.45, 7) is 3.54. The number of halogens is 1. The average molecular weight is 451 g/mol. The van der Waals surface area contributed by atoms with Gasteiger partial charge in [0.15, 0.2) is 0 Å². The molecule has 6 nitrogen and oxygen atoms in total. The van der Waals surface area contributed by atoms with Gasteiger partial charge in [-0.2, -0.15) is 0 Å². The van der Waals surface area contributed by atoms with Gasteiger partial charge in [-0.15, -0.1) is 0 Å². The van der Waals surface area contributed by atoms with Crippen molar-refractivity contribution in [2.24, 2.45) is 13.0 Å². The monoisotopic (exact) mass is 450 g/mol. The molecule has 33 heavy (non-hydrogen) atoms. The maximum absolute atomic E-state index is 14.5. The molecule has 0 amide bonds. The van der Waals surface area contributed by atoms with E-state index in [0.717, 1.165) is 27.9 Å². The lowest BCUT2D eigenvalue weighted by Gasteiger charge is -2.31. The highest BCUT2D eigenvalue weighted by Gasteiger charge is 2.31. The number of hydrogen-bond acceptors (Lipinski definition) is 4. The van der Waals surface area contributed by atoms with Gasteiger partial charge in [-0.25, -0.2) is 4.39 Å². The fraction of sp³-hybridized carbons (Fsp3) is 0.423. The zero-order valence-electron chi connectivity index (χ0n) is 21.4. The highest BCUT2D eigenvalue weighted by atomic mass is 19.1. The van der Waals surface area contributed by atoms with Crippen molar-refractivity contribution in [2.45, 2.75) is 58.6 Å². The van der Waals surface area contributed by atoms with Crippen molar-refractivity contribution in [3.05, 3.63) is 58.6 Å². The van der Waals surface area contributed by atoms with E-state index in [4.69, 9.17) is 12.2 Å². The van der Waals surface area contributed by atoms with Gasteiger partial charge in [0.1, 0.15) is 11.4 Å². The summed E-state index contributed by atoms with van der Waals surface area (Å²) in [5, 5.41) is 4.05. The van der Waals surface area contributed by atoms with Crippen molar-refractivity contribution in [2.75, 3.05) is 0 Å². The molecule has 1 aliphatic rings. The van der Waals surface area contributed by atoms with E-state index in [-0.39, 0.29) is 11.5 Å². The molecular weight excluding hydrogens is 419 g/mol. The van der Waals surface area contributed by atoms with E-state index in [0.29, 0.717) is 42.5 Å². The molecule has 4 heterocycles. The Hall–Kier alpha value is -3.22. The third kappa shape index (κ3) is 4.01. The minimum Gasteiger partial charge on any atom is -0.361 e. The summed E-state index contributed by atoms with van der Waals surface area (Å²) >= 11 is 0. The van der Waals surface area contributed by atoms with Crippen LogP contribution in [0.3, 0.4) is 0 Å². The van der Waals surface area contributed by atoms with E-state index in [2.05, 4.69) is 5.16 Å². The first-order chi connectivity index (χ1) is 16.5. The van der Waals surface area contributed by atoms with Crippen LogP contribution in [-0.2, 0) is 13.5 Å². The van der Waals surface area contributed by atoms with Gasteiger partial charge in [0.05, 0.1) is 19.5 Å². The molecule has 0 aliphatic heterocycles. The first-order valence-electron chi connectivity index (χ1n) is 12.3. The smallest absolute Gasteiger partial charge is 0.250 e. The van der Waals surface area contributed by atoms with Crippen LogP contribution in [0.25, 0.3) is 33.3 Å². The van der Waals surface area contributed by atoms with Gasteiger partial charge < -0.3 is 13.7 Å². The number of nitrogens with zero attached hydrogens (tertiary/aromatic N) is 4. The van der Waals surface area contributed by atoms with Crippen molar-refractivity contribution >= 4 is 11.0 Å². The Balaban J connectivity index is 1.71. The summed E-state index contributed by atoms with van der Waals surface area (Å²) in [5.74, 6) is 0.329. The summed E-state index contributed by atoms with van der Waals surface area (Å²) < 4.78 is 41.3. The number of hydrogen-bond donors (Lipinski definition) is 0. The standard InChI is InChI=1S/C26H29FN4O2/c1-16-24(17(2)33-29-16)20-11-22-25(28-12-20)21(19-5-6-23(32)30(4)14-19)15-31(22)13-18-7-9-26(3,27)10-8-18/h5-6,11-12,14-15,18H,7-10,13H2,1-4H3/i13D2. The van der Waals surface area contributed by atoms with Crippen LogP contribution in [0.5, 0.6) is 0 Å². The zero-order valence-corrected chi connectivity index (χ0v) is 19.4. The van der Waals surface area contributed by atoms with Crippen LogP contribution < -0.4 is 5.56 Å². The molecule has 0 atom stereocenters. The van der Waals surface area contributed by atoms with Gasteiger partial charge in [0.25, 0.3) is 0 Å². The second-order valence-corrected chi connectivity index (χ2v) is 9.39. The Morgan fingerprint density at radius 2 is 2.00 bits per heavy atom. The third-order valence-electron chi connectivity index (χ3n) is 6.71. The van der Waals surface area contributed by atoms with Gasteiger partial charge in [-0.05, 0) is 64.5 Å². The topological polar surface area (TPSA) is 65.8 Å². The fourth-order valence-electron chi connectivity index (χ4n) is 4.75. The van der Waals surface area contributed by atoms with Crippen LogP contribution in [0.4, 0.5) is 4.39 Å². The molecule has 0 unspecified atom stereocenters. The lowest BCUT2D eigenvalue weighted by atomic mass is 9.81. The number of pyridine rings is 2. The van der Waals surface area contributed by atoms with Crippen LogP contribution in [-0.4, -0.2) is 24.9 Å². The highest BCUT2D eigenvalue weighted by Crippen LogP contribution is 2.38. The Labute approximate surface area is 194 Å². The number of fused-ring (bicyclic) bond motifs is 1. The van der Waals surface area contributed by atoms with Crippen LogP contribution >= 0.6 is 0 Å². The van der Waals surface area contributed by atoms with E-state index >= 15 is 0 Å². The lowest BCUT2D eigenvalue weighted by Crippen LogP contribution is -2.27. The van der Waals surface area contributed by atoms with Crippen molar-refractivity contribution < 1.29 is 11.7 Å². The van der Waals surface area contributed by atoms with Gasteiger partial charge >= 0.3 is 0 Å². The van der Waals surface area contributed by atoms with Crippen LogP contribution in [0.1, 0.15) is 46.8 Å². The number of rotatable bonds is 4. The van der Waals surface area contributed by atoms with Crippen LogP contribution in [0.2, 0.25) is 0 Å². The predicted octanol–water partition coefficient (Wildman–Crippen LogP) is 5.59. The largest absolute Gasteiger partial charge is 0.361 e. The van der Waals surface area contributed by atoms with Crippen molar-refractivity contribution in [1.82, 2.24) is 19.3 Å². The minimum absolute atomic E-state index is 0.127. The molecule has 0 bridgehead atoms. The number of alkyl halides is 1. The van der Waals surface area contributed by atoms with E-state index in [1.807, 2.05) is 19.9 Å². The molecule has 172 valence electrons. The molecule has 4 aromatic rings. The molecule has 4 aromatic heterocycles. The summed E-state index contributed by atoms with van der Waals surface area (Å²) in [6.07, 6.45) is 6.86. The summed E-state index contributed by atoms with van der Waals surface area (Å²) in [6, 6.07) is 5.14. The van der Waals surface area contributed by atoms with Gasteiger partial charge in [-0.3, -0.25) is 9.78 Å². The molecule has 0 N–H and O–H groups in total. The summed E-state index contributed by atoms with van der Waals surface area (Å²) in [7, 11) is 1.68. The Morgan fingerprint density at radius 1 is 1.24 bits per heavy atom. The molecule has 5 rings (SSSR count). The highest BCUT2D eigenvalue weighted by molar-refractivity contribution is 5.94. The zero-order chi connectivity index (χ0) is 25.1. The first-order valence-corrected chi connectivity index (χ1v) is 11.3. The quantitative estimate of drug-likeness (QED) is 0.406. The van der Waals surface area contributed by atoms with Gasteiger partial charge in [0, 0.05) is 60.5 Å². The minimum atomic E-state index is -1.76. The maximum Gasteiger partial charge on any atom is 0.250 e. The maximum atomic E-state index is 14.5. The first kappa shape index (κ1) is 19.3. The Kier molecular flexibility index (Phi) is 4.66. The predicted molar refractivity (Wildman–Crippen MR) is 127 cm³/mol. The molecular formula is C26H29FN4O2. The van der Waals surface area contributed by atoms with E-state index < -0.39 is 12.2 Å². The molecule has 0 spiro atoms. The molecule has 1 saturated carbocycles. The van der Waals surface area contributed by atoms with Crippen LogP contribution in [0.15, 0.2) is 46.1 Å². The Bertz CT molecular complexity index is 1460. The summed E-state index contributed by atoms with van der Waals surface area (Å²) in [4.78, 5) is 16.7. The van der Waals surface area contributed by atoms with E-state index in [9.17, 15) is 9.18 Å². The second-order valence-electron chi connectivity index (χ2n) is 9.39. The molecule has 0 radical (unpaired) electrons. The van der Waals surface area contributed by atoms with Crippen molar-refractivity contribution in [3.8, 4) is 22.3 Å². The van der Waals surface area contributed by atoms with E-state index in [1.54, 1.807) is 43.2 Å². The fourth-order valence-corrected chi connectivity index (χ4v) is 4.75. The third-order valence-corrected chi connectivity index (χ3v) is 6.71.